The van der Waals surface area contributed by atoms with Crippen molar-refractivity contribution in [2.75, 3.05) is 18.5 Å². The van der Waals surface area contributed by atoms with Gasteiger partial charge in [-0.3, -0.25) is 14.4 Å². The van der Waals surface area contributed by atoms with Gasteiger partial charge in [-0.2, -0.15) is 0 Å². The Balaban J connectivity index is 2.14. The zero-order valence-corrected chi connectivity index (χ0v) is 18.0. The van der Waals surface area contributed by atoms with Crippen LogP contribution in [0.3, 0.4) is 0 Å². The van der Waals surface area contributed by atoms with Crippen molar-refractivity contribution >= 4 is 34.8 Å². The molecule has 0 heterocycles. The predicted molar refractivity (Wildman–Crippen MR) is 115 cm³/mol. The summed E-state index contributed by atoms with van der Waals surface area (Å²) < 4.78 is 11.5. The number of ketones is 2. The maximum atomic E-state index is 13.4. The van der Waals surface area contributed by atoms with Crippen LogP contribution in [0.5, 0.6) is 11.5 Å². The van der Waals surface area contributed by atoms with Gasteiger partial charge in [0, 0.05) is 22.9 Å². The quantitative estimate of drug-likeness (QED) is 0.529. The van der Waals surface area contributed by atoms with Gasteiger partial charge in [-0.25, -0.2) is 0 Å². The molecule has 7 heteroatoms. The number of alkyl halides is 1. The summed E-state index contributed by atoms with van der Waals surface area (Å²) in [5, 5.41) is 1.92. The van der Waals surface area contributed by atoms with Crippen molar-refractivity contribution in [1.82, 2.24) is 0 Å². The molecule has 3 rings (SSSR count). The number of carbonyl (C=O) groups is 3. The molecule has 1 N–H and O–H groups in total. The van der Waals surface area contributed by atoms with Gasteiger partial charge in [-0.05, 0) is 31.9 Å². The summed E-state index contributed by atoms with van der Waals surface area (Å²) in [6.45, 7) is 6.24. The Bertz CT molecular complexity index is 999. The van der Waals surface area contributed by atoms with Crippen LogP contribution in [0.2, 0.25) is 0 Å². The molecule has 1 aliphatic rings. The third-order valence-electron chi connectivity index (χ3n) is 4.62. The molecule has 30 heavy (non-hydrogen) atoms. The normalized spacial score (nSPS) is 13.3. The third-order valence-corrected chi connectivity index (χ3v) is 4.82. The number of benzene rings is 2. The first-order valence-corrected chi connectivity index (χ1v) is 10.4. The second kappa shape index (κ2) is 9.30. The Kier molecular flexibility index (Phi) is 6.77. The summed E-state index contributed by atoms with van der Waals surface area (Å²) in [7, 11) is 0. The van der Waals surface area contributed by atoms with Gasteiger partial charge in [0.05, 0.1) is 24.3 Å². The van der Waals surface area contributed by atoms with Crippen LogP contribution in [0.15, 0.2) is 30.3 Å². The van der Waals surface area contributed by atoms with Gasteiger partial charge < -0.3 is 14.8 Å². The number of ether oxygens (including phenoxy) is 2. The molecule has 2 aromatic carbocycles. The Morgan fingerprint density at radius 1 is 0.967 bits per heavy atom. The van der Waals surface area contributed by atoms with E-state index >= 15 is 0 Å². The summed E-state index contributed by atoms with van der Waals surface area (Å²) in [4.78, 5) is 38.8. The van der Waals surface area contributed by atoms with Crippen molar-refractivity contribution in [3.05, 3.63) is 52.6 Å². The maximum absolute atomic E-state index is 13.4. The lowest BCUT2D eigenvalue weighted by molar-refractivity contribution is -0.115. The van der Waals surface area contributed by atoms with Crippen molar-refractivity contribution in [3.8, 4) is 11.5 Å². The van der Waals surface area contributed by atoms with Crippen molar-refractivity contribution < 1.29 is 23.9 Å². The third kappa shape index (κ3) is 4.19. The highest BCUT2D eigenvalue weighted by atomic mass is 35.5. The molecule has 1 amide bonds. The van der Waals surface area contributed by atoms with Crippen LogP contribution in [0.1, 0.15) is 65.5 Å². The fourth-order valence-corrected chi connectivity index (χ4v) is 3.28. The molecule has 1 aliphatic carbocycles. The highest BCUT2D eigenvalue weighted by molar-refractivity contribution is 6.33. The Morgan fingerprint density at radius 3 is 2.23 bits per heavy atom. The molecule has 0 saturated heterocycles. The van der Waals surface area contributed by atoms with E-state index in [0.717, 1.165) is 6.42 Å². The molecule has 0 bridgehead atoms. The number of amides is 1. The minimum Gasteiger partial charge on any atom is -0.493 e. The number of halogens is 1. The molecule has 0 spiro atoms. The average Bonchev–Trinajstić information content (AvgIpc) is 2.73. The first-order chi connectivity index (χ1) is 14.4. The Hall–Kier alpha value is -2.86. The van der Waals surface area contributed by atoms with Crippen LogP contribution in [-0.4, -0.2) is 36.1 Å². The molecule has 1 unspecified atom stereocenters. The van der Waals surface area contributed by atoms with E-state index in [1.807, 2.05) is 13.8 Å². The van der Waals surface area contributed by atoms with E-state index in [-0.39, 0.29) is 39.6 Å². The fourth-order valence-electron chi connectivity index (χ4n) is 3.23. The lowest BCUT2D eigenvalue weighted by atomic mass is 9.82. The Labute approximate surface area is 180 Å². The molecule has 0 saturated carbocycles. The topological polar surface area (TPSA) is 81.7 Å². The van der Waals surface area contributed by atoms with Gasteiger partial charge in [-0.1, -0.05) is 26.0 Å². The van der Waals surface area contributed by atoms with Crippen LogP contribution >= 0.6 is 11.6 Å². The molecule has 1 atom stereocenters. The molecule has 2 aromatic rings. The van der Waals surface area contributed by atoms with Crippen molar-refractivity contribution in [2.24, 2.45) is 0 Å². The summed E-state index contributed by atoms with van der Waals surface area (Å²) >= 11 is 5.84. The molecule has 0 fully saturated rings. The molecular weight excluding hydrogens is 406 g/mol. The monoisotopic (exact) mass is 429 g/mol. The summed E-state index contributed by atoms with van der Waals surface area (Å²) in [5.74, 6) is -0.434. The van der Waals surface area contributed by atoms with Crippen LogP contribution in [0, 0.1) is 0 Å². The van der Waals surface area contributed by atoms with Gasteiger partial charge in [0.2, 0.25) is 11.7 Å². The van der Waals surface area contributed by atoms with Crippen molar-refractivity contribution in [1.29, 1.82) is 0 Å². The summed E-state index contributed by atoms with van der Waals surface area (Å²) in [6.07, 6.45) is 1.49. The first kappa shape index (κ1) is 21.8. The molecule has 6 nitrogen and oxygen atoms in total. The predicted octanol–water partition coefficient (Wildman–Crippen LogP) is 4.61. The van der Waals surface area contributed by atoms with Gasteiger partial charge in [-0.15, -0.1) is 11.6 Å². The average molecular weight is 430 g/mol. The fraction of sp³-hybridized carbons (Fsp3) is 0.348. The highest BCUT2D eigenvalue weighted by Gasteiger charge is 2.35. The lowest BCUT2D eigenvalue weighted by Gasteiger charge is -2.23. The molecule has 158 valence electrons. The van der Waals surface area contributed by atoms with Crippen LogP contribution in [-0.2, 0) is 4.79 Å². The number of hydrogen-bond donors (Lipinski definition) is 1. The van der Waals surface area contributed by atoms with E-state index in [9.17, 15) is 14.4 Å². The molecule has 0 aromatic heterocycles. The second-order valence-corrected chi connectivity index (χ2v) is 7.69. The van der Waals surface area contributed by atoms with Gasteiger partial charge in [0.1, 0.15) is 16.9 Å². The molecule has 0 aliphatic heterocycles. The number of hydrogen-bond acceptors (Lipinski definition) is 5. The largest absolute Gasteiger partial charge is 0.493 e. The van der Waals surface area contributed by atoms with E-state index in [4.69, 9.17) is 21.1 Å². The van der Waals surface area contributed by atoms with E-state index in [2.05, 4.69) is 5.32 Å². The first-order valence-electron chi connectivity index (χ1n) is 10.00. The standard InChI is InChI=1S/C23H24ClNO5/c1-4-9-29-17-8-6-7-15-19(17)22(27)20-16(21(15)26)11-14(25-23(28)13(3)24)12-18(20)30-10-5-2/h6-8,11-13H,4-5,9-10H2,1-3H3,(H,25,28). The van der Waals surface area contributed by atoms with Gasteiger partial charge >= 0.3 is 0 Å². The van der Waals surface area contributed by atoms with Crippen LogP contribution in [0.4, 0.5) is 5.69 Å². The number of fused-ring (bicyclic) bond motifs is 2. The van der Waals surface area contributed by atoms with Gasteiger partial charge in [0.25, 0.3) is 0 Å². The van der Waals surface area contributed by atoms with E-state index in [1.54, 1.807) is 31.2 Å². The summed E-state index contributed by atoms with van der Waals surface area (Å²) in [5.41, 5.74) is 1.24. The lowest BCUT2D eigenvalue weighted by Crippen LogP contribution is -2.25. The van der Waals surface area contributed by atoms with Crippen LogP contribution < -0.4 is 14.8 Å². The van der Waals surface area contributed by atoms with Gasteiger partial charge in [0.15, 0.2) is 5.78 Å². The Morgan fingerprint density at radius 2 is 1.60 bits per heavy atom. The van der Waals surface area contributed by atoms with Crippen LogP contribution in [0.25, 0.3) is 0 Å². The molecular formula is C23H24ClNO5. The number of carbonyl (C=O) groups excluding carboxylic acids is 3. The van der Waals surface area contributed by atoms with E-state index in [1.165, 1.54) is 6.07 Å². The van der Waals surface area contributed by atoms with E-state index in [0.29, 0.717) is 31.1 Å². The van der Waals surface area contributed by atoms with Crippen molar-refractivity contribution in [3.63, 3.8) is 0 Å². The van der Waals surface area contributed by atoms with Crippen molar-refractivity contribution in [2.45, 2.75) is 39.0 Å². The summed E-state index contributed by atoms with van der Waals surface area (Å²) in [6, 6.07) is 8.03. The second-order valence-electron chi connectivity index (χ2n) is 7.04. The van der Waals surface area contributed by atoms with E-state index < -0.39 is 11.3 Å². The minimum absolute atomic E-state index is 0.186. The zero-order valence-electron chi connectivity index (χ0n) is 17.2. The maximum Gasteiger partial charge on any atom is 0.242 e. The minimum atomic E-state index is -0.752. The number of nitrogens with one attached hydrogen (secondary N) is 1. The number of anilines is 1. The SMILES string of the molecule is CCCOc1cccc2c1C(=O)c1c(OCCC)cc(NC(=O)C(C)Cl)cc1C2=O. The smallest absolute Gasteiger partial charge is 0.242 e. The number of rotatable bonds is 8. The highest BCUT2D eigenvalue weighted by Crippen LogP contribution is 2.39. The molecule has 0 radical (unpaired) electrons. The zero-order chi connectivity index (χ0) is 21.8.